The quantitative estimate of drug-likeness (QED) is 0.472. The van der Waals surface area contributed by atoms with Gasteiger partial charge in [-0.25, -0.2) is 0 Å². The normalized spacial score (nSPS) is 27.8. The molecule has 2 nitrogen and oxygen atoms in total. The van der Waals surface area contributed by atoms with E-state index in [0.717, 1.165) is 18.6 Å². The van der Waals surface area contributed by atoms with Crippen LogP contribution in [0.3, 0.4) is 0 Å². The van der Waals surface area contributed by atoms with Crippen LogP contribution in [0.15, 0.2) is 16.8 Å². The van der Waals surface area contributed by atoms with Crippen molar-refractivity contribution in [1.29, 1.82) is 0 Å². The van der Waals surface area contributed by atoms with E-state index in [1.165, 1.54) is 5.57 Å². The van der Waals surface area contributed by atoms with Crippen LogP contribution < -0.4 is 0 Å². The Hall–Kier alpha value is -0.790. The van der Waals surface area contributed by atoms with Gasteiger partial charge in [0.2, 0.25) is 0 Å². The predicted molar refractivity (Wildman–Crippen MR) is 50.5 cm³/mol. The van der Waals surface area contributed by atoms with Crippen LogP contribution in [0.1, 0.15) is 33.6 Å². The Labute approximate surface area is 74.0 Å². The third-order valence-corrected chi connectivity index (χ3v) is 2.36. The molecule has 0 spiro atoms. The van der Waals surface area contributed by atoms with Gasteiger partial charge in [-0.2, -0.15) is 0 Å². The third-order valence-electron chi connectivity index (χ3n) is 2.36. The summed E-state index contributed by atoms with van der Waals surface area (Å²) in [5.41, 5.74) is 2.10. The van der Waals surface area contributed by atoms with Crippen molar-refractivity contribution in [3.63, 3.8) is 0 Å². The minimum atomic E-state index is 0.475. The van der Waals surface area contributed by atoms with E-state index in [1.807, 2.05) is 0 Å². The molecule has 0 amide bonds. The molecule has 12 heavy (non-hydrogen) atoms. The molecule has 0 radical (unpaired) electrons. The molecule has 0 fully saturated rings. The maximum Gasteiger partial charge on any atom is 0.0829 e. The van der Waals surface area contributed by atoms with Crippen molar-refractivity contribution < 1.29 is 5.21 Å². The van der Waals surface area contributed by atoms with Crippen molar-refractivity contribution >= 4 is 5.71 Å². The van der Waals surface area contributed by atoms with Gasteiger partial charge in [0, 0.05) is 0 Å². The zero-order chi connectivity index (χ0) is 9.14. The molecule has 0 bridgehead atoms. The molecule has 0 saturated heterocycles. The van der Waals surface area contributed by atoms with Crippen LogP contribution in [0, 0.1) is 11.8 Å². The van der Waals surface area contributed by atoms with E-state index in [-0.39, 0.29) is 0 Å². The number of oxime groups is 1. The Balaban J connectivity index is 2.84. The molecule has 1 rings (SSSR count). The van der Waals surface area contributed by atoms with Crippen molar-refractivity contribution in [2.45, 2.75) is 33.6 Å². The Kier molecular flexibility index (Phi) is 2.90. The number of nitrogens with zero attached hydrogens (tertiary/aromatic N) is 1. The van der Waals surface area contributed by atoms with Crippen molar-refractivity contribution in [3.8, 4) is 0 Å². The minimum absolute atomic E-state index is 0.475. The topological polar surface area (TPSA) is 32.6 Å². The minimum Gasteiger partial charge on any atom is -0.411 e. The number of rotatable bonds is 1. The number of hydrogen-bond donors (Lipinski definition) is 1. The lowest BCUT2D eigenvalue weighted by Gasteiger charge is -2.21. The van der Waals surface area contributed by atoms with E-state index in [9.17, 15) is 0 Å². The van der Waals surface area contributed by atoms with Crippen molar-refractivity contribution in [1.82, 2.24) is 0 Å². The fourth-order valence-electron chi connectivity index (χ4n) is 1.64. The van der Waals surface area contributed by atoms with Crippen LogP contribution >= 0.6 is 0 Å². The zero-order valence-electron chi connectivity index (χ0n) is 8.04. The maximum absolute atomic E-state index is 8.78. The molecule has 0 aromatic heterocycles. The summed E-state index contributed by atoms with van der Waals surface area (Å²) in [6, 6.07) is 0. The van der Waals surface area contributed by atoms with Crippen LogP contribution in [0.5, 0.6) is 0 Å². The number of hydrogen-bond acceptors (Lipinski definition) is 2. The van der Waals surface area contributed by atoms with Crippen LogP contribution in [-0.4, -0.2) is 10.9 Å². The van der Waals surface area contributed by atoms with Gasteiger partial charge in [-0.15, -0.1) is 0 Å². The highest BCUT2D eigenvalue weighted by molar-refractivity contribution is 6.00. The second-order valence-corrected chi connectivity index (χ2v) is 3.91. The predicted octanol–water partition coefficient (Wildman–Crippen LogP) is 2.83. The summed E-state index contributed by atoms with van der Waals surface area (Å²) in [5, 5.41) is 12.1. The molecule has 1 N–H and O–H groups in total. The maximum atomic E-state index is 8.78. The third kappa shape index (κ3) is 1.87. The van der Waals surface area contributed by atoms with E-state index in [2.05, 4.69) is 32.0 Å². The molecule has 0 heterocycles. The fraction of sp³-hybridized carbons (Fsp3) is 0.700. The molecule has 1 unspecified atom stereocenters. The van der Waals surface area contributed by atoms with E-state index in [0.29, 0.717) is 11.8 Å². The molecule has 0 aromatic carbocycles. The molecule has 0 saturated carbocycles. The summed E-state index contributed by atoms with van der Waals surface area (Å²) < 4.78 is 0. The van der Waals surface area contributed by atoms with Gasteiger partial charge in [-0.3, -0.25) is 0 Å². The van der Waals surface area contributed by atoms with Gasteiger partial charge in [0.05, 0.1) is 5.71 Å². The van der Waals surface area contributed by atoms with E-state index < -0.39 is 0 Å². The first-order chi connectivity index (χ1) is 5.65. The molecule has 2 heteroatoms. The Morgan fingerprint density at radius 3 is 2.75 bits per heavy atom. The molecular formula is C10H17NO. The lowest BCUT2D eigenvalue weighted by Crippen LogP contribution is -2.17. The van der Waals surface area contributed by atoms with Crippen LogP contribution in [0.2, 0.25) is 0 Å². The van der Waals surface area contributed by atoms with Gasteiger partial charge in [-0.1, -0.05) is 32.0 Å². The molecule has 1 aliphatic rings. The Morgan fingerprint density at radius 2 is 2.25 bits per heavy atom. The van der Waals surface area contributed by atoms with E-state index in [1.54, 1.807) is 0 Å². The molecule has 1 atom stereocenters. The largest absolute Gasteiger partial charge is 0.411 e. The first kappa shape index (κ1) is 9.30. The van der Waals surface area contributed by atoms with Crippen molar-refractivity contribution in [2.75, 3.05) is 0 Å². The van der Waals surface area contributed by atoms with Gasteiger partial charge in [0.25, 0.3) is 0 Å². The highest BCUT2D eigenvalue weighted by Crippen LogP contribution is 2.25. The zero-order valence-corrected chi connectivity index (χ0v) is 8.04. The van der Waals surface area contributed by atoms with Crippen LogP contribution in [0.25, 0.3) is 0 Å². The van der Waals surface area contributed by atoms with Gasteiger partial charge in [-0.05, 0) is 30.3 Å². The first-order valence-electron chi connectivity index (χ1n) is 4.56. The monoisotopic (exact) mass is 167 g/mol. The smallest absolute Gasteiger partial charge is 0.0829 e. The molecule has 68 valence electrons. The van der Waals surface area contributed by atoms with E-state index in [4.69, 9.17) is 5.21 Å². The van der Waals surface area contributed by atoms with Crippen molar-refractivity contribution in [2.24, 2.45) is 17.0 Å². The Bertz CT molecular complexity index is 216. The van der Waals surface area contributed by atoms with Gasteiger partial charge < -0.3 is 5.21 Å². The highest BCUT2D eigenvalue weighted by atomic mass is 16.4. The van der Waals surface area contributed by atoms with E-state index >= 15 is 0 Å². The van der Waals surface area contributed by atoms with Gasteiger partial charge in [0.15, 0.2) is 0 Å². The summed E-state index contributed by atoms with van der Waals surface area (Å²) >= 11 is 0. The molecular weight excluding hydrogens is 150 g/mol. The first-order valence-corrected chi connectivity index (χ1v) is 4.56. The summed E-state index contributed by atoms with van der Waals surface area (Å²) in [5.74, 6) is 1.10. The lowest BCUT2D eigenvalue weighted by molar-refractivity contribution is 0.315. The summed E-state index contributed by atoms with van der Waals surface area (Å²) in [6.07, 6.45) is 4.24. The summed E-state index contributed by atoms with van der Waals surface area (Å²) in [7, 11) is 0. The molecule has 0 aromatic rings. The highest BCUT2D eigenvalue weighted by Gasteiger charge is 2.19. The van der Waals surface area contributed by atoms with Gasteiger partial charge >= 0.3 is 0 Å². The summed E-state index contributed by atoms with van der Waals surface area (Å²) in [6.45, 7) is 6.44. The second kappa shape index (κ2) is 3.74. The lowest BCUT2D eigenvalue weighted by atomic mass is 9.84. The number of allylic oxidation sites excluding steroid dienone is 2. The SMILES string of the molecule is CC1CC=C(C(C)C)/C(=N\O)C1. The fourth-order valence-corrected chi connectivity index (χ4v) is 1.64. The van der Waals surface area contributed by atoms with Crippen molar-refractivity contribution in [3.05, 3.63) is 11.6 Å². The van der Waals surface area contributed by atoms with Gasteiger partial charge in [0.1, 0.15) is 0 Å². The van der Waals surface area contributed by atoms with Crippen LogP contribution in [0.4, 0.5) is 0 Å². The second-order valence-electron chi connectivity index (χ2n) is 3.91. The standard InChI is InChI=1S/C10H17NO/c1-7(2)9-5-4-8(3)6-10(9)11-12/h5,7-8,12H,4,6H2,1-3H3/b11-10-. The average Bonchev–Trinajstić information content (AvgIpc) is 2.03. The van der Waals surface area contributed by atoms with Crippen LogP contribution in [-0.2, 0) is 0 Å². The average molecular weight is 167 g/mol. The Morgan fingerprint density at radius 1 is 1.58 bits per heavy atom. The summed E-state index contributed by atoms with van der Waals surface area (Å²) in [4.78, 5) is 0. The molecule has 0 aliphatic heterocycles. The molecule has 1 aliphatic carbocycles.